The summed E-state index contributed by atoms with van der Waals surface area (Å²) in [6.07, 6.45) is 2.19. The standard InChI is InChI=1S/C15H23NO4S/c1-20-11-2-12-21(18,19)16-9-7-14(8-10-16)13-3-5-15(17)6-4-13/h3-6,14,17H,2,7-12H2,1H3. The summed E-state index contributed by atoms with van der Waals surface area (Å²) < 4.78 is 30.9. The van der Waals surface area contributed by atoms with Crippen LogP contribution in [0.2, 0.25) is 0 Å². The number of ether oxygens (including phenoxy) is 1. The van der Waals surface area contributed by atoms with Crippen LogP contribution in [0.1, 0.15) is 30.7 Å². The minimum atomic E-state index is -3.15. The summed E-state index contributed by atoms with van der Waals surface area (Å²) >= 11 is 0. The third-order valence-corrected chi connectivity index (χ3v) is 5.92. The molecule has 1 N–H and O–H groups in total. The van der Waals surface area contributed by atoms with Gasteiger partial charge in [-0.3, -0.25) is 0 Å². The lowest BCUT2D eigenvalue weighted by atomic mass is 9.90. The fraction of sp³-hybridized carbons (Fsp3) is 0.600. The first kappa shape index (κ1) is 16.3. The van der Waals surface area contributed by atoms with Gasteiger partial charge in [-0.15, -0.1) is 0 Å². The van der Waals surface area contributed by atoms with Gasteiger partial charge in [0.15, 0.2) is 0 Å². The Morgan fingerprint density at radius 3 is 2.43 bits per heavy atom. The van der Waals surface area contributed by atoms with Crippen LogP contribution in [0, 0.1) is 0 Å². The van der Waals surface area contributed by atoms with Crippen LogP contribution in [0.5, 0.6) is 5.75 Å². The van der Waals surface area contributed by atoms with Crippen LogP contribution in [-0.4, -0.2) is 50.4 Å². The molecule has 0 amide bonds. The highest BCUT2D eigenvalue weighted by atomic mass is 32.2. The minimum Gasteiger partial charge on any atom is -0.508 e. The van der Waals surface area contributed by atoms with Gasteiger partial charge in [-0.05, 0) is 42.9 Å². The molecule has 0 bridgehead atoms. The molecule has 1 heterocycles. The Morgan fingerprint density at radius 2 is 1.86 bits per heavy atom. The molecule has 21 heavy (non-hydrogen) atoms. The van der Waals surface area contributed by atoms with Gasteiger partial charge in [0, 0.05) is 26.8 Å². The summed E-state index contributed by atoms with van der Waals surface area (Å²) in [5.41, 5.74) is 1.17. The largest absolute Gasteiger partial charge is 0.508 e. The normalized spacial score (nSPS) is 18.0. The zero-order valence-corrected chi connectivity index (χ0v) is 13.2. The molecule has 1 aromatic rings. The third kappa shape index (κ3) is 4.43. The fourth-order valence-corrected chi connectivity index (χ4v) is 4.24. The number of sulfonamides is 1. The maximum Gasteiger partial charge on any atom is 0.214 e. The number of piperidine rings is 1. The number of methoxy groups -OCH3 is 1. The highest BCUT2D eigenvalue weighted by Crippen LogP contribution is 2.30. The molecule has 2 rings (SSSR count). The van der Waals surface area contributed by atoms with E-state index in [-0.39, 0.29) is 11.5 Å². The number of nitrogens with zero attached hydrogens (tertiary/aromatic N) is 1. The summed E-state index contributed by atoms with van der Waals surface area (Å²) in [6, 6.07) is 7.21. The maximum atomic E-state index is 12.2. The number of aromatic hydroxyl groups is 1. The van der Waals surface area contributed by atoms with Crippen molar-refractivity contribution in [1.29, 1.82) is 0 Å². The average Bonchev–Trinajstić information content (AvgIpc) is 2.48. The number of rotatable bonds is 6. The van der Waals surface area contributed by atoms with Crippen molar-refractivity contribution >= 4 is 10.0 Å². The second-order valence-corrected chi connectivity index (χ2v) is 7.52. The van der Waals surface area contributed by atoms with Gasteiger partial charge in [0.1, 0.15) is 5.75 Å². The Morgan fingerprint density at radius 1 is 1.24 bits per heavy atom. The molecule has 1 fully saturated rings. The van der Waals surface area contributed by atoms with Crippen LogP contribution in [0.15, 0.2) is 24.3 Å². The third-order valence-electron chi connectivity index (χ3n) is 3.96. The smallest absolute Gasteiger partial charge is 0.214 e. The van der Waals surface area contributed by atoms with Gasteiger partial charge in [0.25, 0.3) is 0 Å². The lowest BCUT2D eigenvalue weighted by Gasteiger charge is -2.31. The summed E-state index contributed by atoms with van der Waals surface area (Å²) in [7, 11) is -1.58. The molecule has 0 saturated carbocycles. The number of phenolic OH excluding ortho intramolecular Hbond substituents is 1. The highest BCUT2D eigenvalue weighted by Gasteiger charge is 2.28. The predicted molar refractivity (Wildman–Crippen MR) is 81.9 cm³/mol. The summed E-state index contributed by atoms with van der Waals surface area (Å²) in [4.78, 5) is 0. The zero-order chi connectivity index (χ0) is 15.3. The number of hydrogen-bond acceptors (Lipinski definition) is 4. The molecule has 1 aliphatic heterocycles. The van der Waals surface area contributed by atoms with E-state index in [2.05, 4.69) is 0 Å². The molecule has 0 spiro atoms. The van der Waals surface area contributed by atoms with Gasteiger partial charge in [-0.1, -0.05) is 12.1 Å². The first-order valence-electron chi connectivity index (χ1n) is 7.28. The van der Waals surface area contributed by atoms with Crippen molar-refractivity contribution in [2.75, 3.05) is 32.6 Å². The Hall–Kier alpha value is -1.11. The lowest BCUT2D eigenvalue weighted by molar-refractivity contribution is 0.199. The van der Waals surface area contributed by atoms with Crippen LogP contribution >= 0.6 is 0 Å². The van der Waals surface area contributed by atoms with Crippen LogP contribution < -0.4 is 0 Å². The van der Waals surface area contributed by atoms with E-state index in [1.807, 2.05) is 12.1 Å². The van der Waals surface area contributed by atoms with Crippen molar-refractivity contribution in [3.63, 3.8) is 0 Å². The van der Waals surface area contributed by atoms with E-state index in [0.29, 0.717) is 32.0 Å². The molecular formula is C15H23NO4S. The quantitative estimate of drug-likeness (QED) is 0.815. The summed E-state index contributed by atoms with van der Waals surface area (Å²) in [5, 5.41) is 9.31. The van der Waals surface area contributed by atoms with E-state index in [1.165, 1.54) is 5.56 Å². The van der Waals surface area contributed by atoms with Crippen molar-refractivity contribution in [1.82, 2.24) is 4.31 Å². The van der Waals surface area contributed by atoms with Gasteiger partial charge in [0.05, 0.1) is 5.75 Å². The molecule has 6 heteroatoms. The van der Waals surface area contributed by atoms with Crippen LogP contribution in [0.4, 0.5) is 0 Å². The summed E-state index contributed by atoms with van der Waals surface area (Å²) in [6.45, 7) is 1.62. The van der Waals surface area contributed by atoms with Crippen molar-refractivity contribution in [3.05, 3.63) is 29.8 Å². The fourth-order valence-electron chi connectivity index (χ4n) is 2.73. The molecule has 0 aromatic heterocycles. The molecule has 1 aliphatic rings. The predicted octanol–water partition coefficient (Wildman–Crippen LogP) is 1.94. The first-order chi connectivity index (χ1) is 10.0. The Labute approximate surface area is 126 Å². The molecule has 0 aliphatic carbocycles. The van der Waals surface area contributed by atoms with Crippen molar-refractivity contribution < 1.29 is 18.3 Å². The molecule has 1 aromatic carbocycles. The minimum absolute atomic E-state index is 0.157. The van der Waals surface area contributed by atoms with E-state index in [9.17, 15) is 13.5 Å². The number of phenols is 1. The molecule has 118 valence electrons. The number of benzene rings is 1. The van der Waals surface area contributed by atoms with E-state index in [4.69, 9.17) is 4.74 Å². The Kier molecular flexibility index (Phi) is 5.61. The molecule has 0 atom stereocenters. The highest BCUT2D eigenvalue weighted by molar-refractivity contribution is 7.89. The van der Waals surface area contributed by atoms with Gasteiger partial charge >= 0.3 is 0 Å². The second kappa shape index (κ2) is 7.24. The van der Waals surface area contributed by atoms with Crippen LogP contribution in [-0.2, 0) is 14.8 Å². The molecule has 1 saturated heterocycles. The van der Waals surface area contributed by atoms with Crippen molar-refractivity contribution in [3.8, 4) is 5.75 Å². The maximum absolute atomic E-state index is 12.2. The molecular weight excluding hydrogens is 290 g/mol. The van der Waals surface area contributed by atoms with Gasteiger partial charge in [-0.25, -0.2) is 12.7 Å². The Bertz CT molecular complexity index is 533. The summed E-state index contributed by atoms with van der Waals surface area (Å²) in [5.74, 6) is 0.790. The van der Waals surface area contributed by atoms with Gasteiger partial charge in [-0.2, -0.15) is 0 Å². The van der Waals surface area contributed by atoms with E-state index >= 15 is 0 Å². The van der Waals surface area contributed by atoms with Crippen molar-refractivity contribution in [2.24, 2.45) is 0 Å². The molecule has 0 radical (unpaired) electrons. The SMILES string of the molecule is COCCCS(=O)(=O)N1CCC(c2ccc(O)cc2)CC1. The number of hydrogen-bond donors (Lipinski definition) is 1. The van der Waals surface area contributed by atoms with Gasteiger partial charge in [0.2, 0.25) is 10.0 Å². The topological polar surface area (TPSA) is 66.8 Å². The van der Waals surface area contributed by atoms with Crippen molar-refractivity contribution in [2.45, 2.75) is 25.2 Å². The monoisotopic (exact) mass is 313 g/mol. The average molecular weight is 313 g/mol. The zero-order valence-electron chi connectivity index (χ0n) is 12.4. The van der Waals surface area contributed by atoms with E-state index in [0.717, 1.165) is 12.8 Å². The molecule has 0 unspecified atom stereocenters. The first-order valence-corrected chi connectivity index (χ1v) is 8.89. The van der Waals surface area contributed by atoms with Crippen LogP contribution in [0.3, 0.4) is 0 Å². The van der Waals surface area contributed by atoms with E-state index < -0.39 is 10.0 Å². The van der Waals surface area contributed by atoms with E-state index in [1.54, 1.807) is 23.5 Å². The van der Waals surface area contributed by atoms with Crippen LogP contribution in [0.25, 0.3) is 0 Å². The second-order valence-electron chi connectivity index (χ2n) is 5.43. The van der Waals surface area contributed by atoms with Gasteiger partial charge < -0.3 is 9.84 Å². The lowest BCUT2D eigenvalue weighted by Crippen LogP contribution is -2.39. The Balaban J connectivity index is 1.89. The molecule has 5 nitrogen and oxygen atoms in total.